The molecule has 0 fully saturated rings. The van der Waals surface area contributed by atoms with Crippen molar-refractivity contribution < 1.29 is 34.4 Å². The monoisotopic (exact) mass is 300 g/mol. The molecule has 0 saturated heterocycles. The first kappa shape index (κ1) is 19.0. The van der Waals surface area contributed by atoms with E-state index in [1.807, 2.05) is 0 Å². The van der Waals surface area contributed by atoms with E-state index in [0.29, 0.717) is 0 Å². The molecule has 0 saturated carbocycles. The van der Waals surface area contributed by atoms with Crippen molar-refractivity contribution in [2.45, 2.75) is 45.0 Å². The van der Waals surface area contributed by atoms with E-state index >= 15 is 0 Å². The number of ether oxygens (including phenoxy) is 1. The van der Waals surface area contributed by atoms with E-state index in [-0.39, 0.29) is 18.6 Å². The number of aliphatic hydroxyl groups excluding tert-OH is 2. The summed E-state index contributed by atoms with van der Waals surface area (Å²) in [6, 6.07) is 0. The number of allylic oxidation sites excluding steroid dienone is 1. The molecule has 0 aliphatic carbocycles. The molecule has 21 heavy (non-hydrogen) atoms. The minimum absolute atomic E-state index is 0.0538. The summed E-state index contributed by atoms with van der Waals surface area (Å²) in [5.41, 5.74) is 0. The number of carbonyl (C=O) groups is 3. The van der Waals surface area contributed by atoms with Gasteiger partial charge in [0.15, 0.2) is 5.78 Å². The first-order valence-electron chi connectivity index (χ1n) is 6.41. The van der Waals surface area contributed by atoms with Gasteiger partial charge >= 0.3 is 11.9 Å². The summed E-state index contributed by atoms with van der Waals surface area (Å²) < 4.78 is 4.95. The molecule has 0 rings (SSSR count). The third kappa shape index (κ3) is 10.5. The zero-order valence-electron chi connectivity index (χ0n) is 11.9. The summed E-state index contributed by atoms with van der Waals surface area (Å²) >= 11 is 0. The normalized spacial score (nSPS) is 15.8. The number of esters is 1. The SMILES string of the molecule is C[C@H](O)[C@H](O)/C=C/C(=O)O[C@@H](C)CCC(=O)/C=C/C(=O)O. The molecule has 0 radical (unpaired) electrons. The predicted molar refractivity (Wildman–Crippen MR) is 73.4 cm³/mol. The minimum Gasteiger partial charge on any atom is -0.478 e. The van der Waals surface area contributed by atoms with Gasteiger partial charge in [-0.1, -0.05) is 0 Å². The Balaban J connectivity index is 4.09. The summed E-state index contributed by atoms with van der Waals surface area (Å²) in [6.07, 6.45) is 1.43. The molecule has 7 heteroatoms. The third-order valence-corrected chi connectivity index (χ3v) is 2.45. The van der Waals surface area contributed by atoms with E-state index in [9.17, 15) is 19.5 Å². The maximum atomic E-state index is 11.4. The fourth-order valence-electron chi connectivity index (χ4n) is 1.23. The number of ketones is 1. The van der Waals surface area contributed by atoms with Gasteiger partial charge in [-0.25, -0.2) is 9.59 Å². The summed E-state index contributed by atoms with van der Waals surface area (Å²) in [7, 11) is 0. The fourth-order valence-corrected chi connectivity index (χ4v) is 1.23. The molecule has 3 N–H and O–H groups in total. The van der Waals surface area contributed by atoms with Crippen molar-refractivity contribution in [1.82, 2.24) is 0 Å². The average Bonchev–Trinajstić information content (AvgIpc) is 2.39. The Kier molecular flexibility index (Phi) is 8.91. The molecule has 0 unspecified atom stereocenters. The van der Waals surface area contributed by atoms with Crippen LogP contribution in [-0.4, -0.2) is 51.4 Å². The van der Waals surface area contributed by atoms with Crippen molar-refractivity contribution in [3.63, 3.8) is 0 Å². The Hall–Kier alpha value is -1.99. The Morgan fingerprint density at radius 3 is 2.24 bits per heavy atom. The number of rotatable bonds is 9. The van der Waals surface area contributed by atoms with E-state index in [1.54, 1.807) is 6.92 Å². The van der Waals surface area contributed by atoms with Crippen LogP contribution in [0.5, 0.6) is 0 Å². The minimum atomic E-state index is -1.20. The van der Waals surface area contributed by atoms with Crippen molar-refractivity contribution in [2.75, 3.05) is 0 Å². The van der Waals surface area contributed by atoms with Crippen molar-refractivity contribution in [3.05, 3.63) is 24.3 Å². The van der Waals surface area contributed by atoms with E-state index < -0.39 is 30.3 Å². The lowest BCUT2D eigenvalue weighted by atomic mass is 10.1. The molecule has 7 nitrogen and oxygen atoms in total. The number of aliphatic hydroxyl groups is 2. The average molecular weight is 300 g/mol. The van der Waals surface area contributed by atoms with Crippen molar-refractivity contribution in [3.8, 4) is 0 Å². The van der Waals surface area contributed by atoms with Crippen LogP contribution in [0.4, 0.5) is 0 Å². The number of aliphatic carboxylic acids is 1. The van der Waals surface area contributed by atoms with Gasteiger partial charge in [0.1, 0.15) is 0 Å². The number of hydrogen-bond acceptors (Lipinski definition) is 6. The second-order valence-corrected chi connectivity index (χ2v) is 4.51. The van der Waals surface area contributed by atoms with Crippen LogP contribution >= 0.6 is 0 Å². The van der Waals surface area contributed by atoms with E-state index in [0.717, 1.165) is 24.3 Å². The quantitative estimate of drug-likeness (QED) is 0.411. The molecular weight excluding hydrogens is 280 g/mol. The summed E-state index contributed by atoms with van der Waals surface area (Å²) in [5, 5.41) is 26.6. The zero-order chi connectivity index (χ0) is 16.4. The van der Waals surface area contributed by atoms with Crippen molar-refractivity contribution in [2.24, 2.45) is 0 Å². The molecule has 3 atom stereocenters. The van der Waals surface area contributed by atoms with Crippen LogP contribution in [0.3, 0.4) is 0 Å². The summed E-state index contributed by atoms with van der Waals surface area (Å²) in [4.78, 5) is 32.8. The fraction of sp³-hybridized carbons (Fsp3) is 0.500. The van der Waals surface area contributed by atoms with Crippen LogP contribution in [0.15, 0.2) is 24.3 Å². The first-order valence-corrected chi connectivity index (χ1v) is 6.41. The van der Waals surface area contributed by atoms with E-state index in [1.165, 1.54) is 6.92 Å². The second-order valence-electron chi connectivity index (χ2n) is 4.51. The van der Waals surface area contributed by atoms with Gasteiger partial charge in [-0.2, -0.15) is 0 Å². The second kappa shape index (κ2) is 9.84. The smallest absolute Gasteiger partial charge is 0.330 e. The van der Waals surface area contributed by atoms with Gasteiger partial charge in [-0.05, 0) is 32.4 Å². The Morgan fingerprint density at radius 1 is 1.10 bits per heavy atom. The highest BCUT2D eigenvalue weighted by Gasteiger charge is 2.11. The highest BCUT2D eigenvalue weighted by molar-refractivity contribution is 5.95. The molecule has 0 aromatic heterocycles. The molecule has 0 aliphatic heterocycles. The lowest BCUT2D eigenvalue weighted by Gasteiger charge is -2.11. The maximum absolute atomic E-state index is 11.4. The van der Waals surface area contributed by atoms with Crippen LogP contribution in [0.2, 0.25) is 0 Å². The Morgan fingerprint density at radius 2 is 1.71 bits per heavy atom. The zero-order valence-corrected chi connectivity index (χ0v) is 11.9. The Bertz CT molecular complexity index is 423. The predicted octanol–water partition coefficient (Wildman–Crippen LogP) is 0.206. The first-order chi connectivity index (χ1) is 9.72. The van der Waals surface area contributed by atoms with Gasteiger partial charge in [0.25, 0.3) is 0 Å². The largest absolute Gasteiger partial charge is 0.478 e. The van der Waals surface area contributed by atoms with Crippen LogP contribution < -0.4 is 0 Å². The van der Waals surface area contributed by atoms with Crippen molar-refractivity contribution in [1.29, 1.82) is 0 Å². The molecule has 0 amide bonds. The highest BCUT2D eigenvalue weighted by Crippen LogP contribution is 2.04. The van der Waals surface area contributed by atoms with Gasteiger partial charge in [0.2, 0.25) is 0 Å². The molecule has 0 heterocycles. The molecular formula is C14H20O7. The van der Waals surface area contributed by atoms with Gasteiger partial charge in [-0.3, -0.25) is 4.79 Å². The van der Waals surface area contributed by atoms with E-state index in [2.05, 4.69) is 0 Å². The topological polar surface area (TPSA) is 121 Å². The molecule has 0 aromatic carbocycles. The number of carbonyl (C=O) groups excluding carboxylic acids is 2. The third-order valence-electron chi connectivity index (χ3n) is 2.45. The summed E-state index contributed by atoms with van der Waals surface area (Å²) in [5.74, 6) is -2.28. The van der Waals surface area contributed by atoms with Crippen LogP contribution in [-0.2, 0) is 19.1 Å². The van der Waals surface area contributed by atoms with Gasteiger partial charge in [0, 0.05) is 18.6 Å². The molecule has 118 valence electrons. The molecule has 0 aliphatic rings. The molecule has 0 spiro atoms. The van der Waals surface area contributed by atoms with Gasteiger partial charge in [-0.15, -0.1) is 0 Å². The number of carboxylic acids is 1. The lowest BCUT2D eigenvalue weighted by molar-refractivity contribution is -0.143. The number of carboxylic acid groups (broad SMARTS) is 1. The number of hydrogen-bond donors (Lipinski definition) is 3. The van der Waals surface area contributed by atoms with Crippen molar-refractivity contribution >= 4 is 17.7 Å². The van der Waals surface area contributed by atoms with Gasteiger partial charge in [0.05, 0.1) is 18.3 Å². The van der Waals surface area contributed by atoms with E-state index in [4.69, 9.17) is 14.9 Å². The standard InChI is InChI=1S/C14H20O7/c1-9(3-4-11(16)5-7-13(18)19)21-14(20)8-6-12(17)10(2)15/h5-10,12,15,17H,3-4H2,1-2H3,(H,18,19)/b7-5+,8-6+/t9-,10-,12+/m0/s1. The molecule has 0 bridgehead atoms. The maximum Gasteiger partial charge on any atom is 0.330 e. The van der Waals surface area contributed by atoms with Gasteiger partial charge < -0.3 is 20.1 Å². The summed E-state index contributed by atoms with van der Waals surface area (Å²) in [6.45, 7) is 2.96. The van der Waals surface area contributed by atoms with Crippen LogP contribution in [0.25, 0.3) is 0 Å². The van der Waals surface area contributed by atoms with Crippen LogP contribution in [0, 0.1) is 0 Å². The lowest BCUT2D eigenvalue weighted by Crippen LogP contribution is -2.20. The van der Waals surface area contributed by atoms with Crippen LogP contribution in [0.1, 0.15) is 26.7 Å². The highest BCUT2D eigenvalue weighted by atomic mass is 16.5. The molecule has 0 aromatic rings. The Labute approximate surface area is 122 Å².